The van der Waals surface area contributed by atoms with Gasteiger partial charge in [0.15, 0.2) is 0 Å². The van der Waals surface area contributed by atoms with Gasteiger partial charge in [-0.15, -0.1) is 23.7 Å². The molecular formula is C13H17Cl3N2OS. The number of amides is 1. The van der Waals surface area contributed by atoms with Crippen molar-refractivity contribution in [1.82, 2.24) is 10.2 Å². The summed E-state index contributed by atoms with van der Waals surface area (Å²) in [5, 5.41) is 3.59. The number of halogens is 3. The van der Waals surface area contributed by atoms with E-state index in [0.29, 0.717) is 32.4 Å². The summed E-state index contributed by atoms with van der Waals surface area (Å²) in [4.78, 5) is 14.3. The minimum atomic E-state index is -0.0144. The van der Waals surface area contributed by atoms with E-state index in [-0.39, 0.29) is 18.3 Å². The zero-order chi connectivity index (χ0) is 13.6. The largest absolute Gasteiger partial charge is 0.339 e. The molecule has 20 heavy (non-hydrogen) atoms. The first-order chi connectivity index (χ1) is 9.04. The summed E-state index contributed by atoms with van der Waals surface area (Å²) in [6.45, 7) is 0. The Hall–Kier alpha value is -0.000000000000000167. The molecule has 3 heterocycles. The van der Waals surface area contributed by atoms with Crippen LogP contribution in [0.5, 0.6) is 0 Å². The Morgan fingerprint density at radius 3 is 2.45 bits per heavy atom. The Morgan fingerprint density at radius 1 is 1.35 bits per heavy atom. The highest BCUT2D eigenvalue weighted by molar-refractivity contribution is 7.20. The number of rotatable bonds is 2. The topological polar surface area (TPSA) is 32.3 Å². The quantitative estimate of drug-likeness (QED) is 0.874. The second kappa shape index (κ2) is 6.41. The van der Waals surface area contributed by atoms with Crippen LogP contribution >= 0.6 is 46.9 Å². The van der Waals surface area contributed by atoms with Gasteiger partial charge in [0.05, 0.1) is 9.90 Å². The molecule has 2 aliphatic rings. The van der Waals surface area contributed by atoms with Gasteiger partial charge in [-0.25, -0.2) is 0 Å². The molecular weight excluding hydrogens is 339 g/mol. The third-order valence-corrected chi connectivity index (χ3v) is 5.69. The van der Waals surface area contributed by atoms with Gasteiger partial charge in [0, 0.05) is 25.2 Å². The molecule has 2 fully saturated rings. The van der Waals surface area contributed by atoms with Crippen molar-refractivity contribution in [3.05, 3.63) is 20.3 Å². The number of hydrogen-bond donors (Lipinski definition) is 1. The molecule has 1 N–H and O–H groups in total. The van der Waals surface area contributed by atoms with Crippen LogP contribution in [0.4, 0.5) is 0 Å². The summed E-state index contributed by atoms with van der Waals surface area (Å²) in [6.07, 6.45) is 4.53. The smallest absolute Gasteiger partial charge is 0.256 e. The Kier molecular flexibility index (Phi) is 5.24. The van der Waals surface area contributed by atoms with Crippen LogP contribution in [-0.2, 0) is 0 Å². The van der Waals surface area contributed by atoms with Crippen molar-refractivity contribution in [3.8, 4) is 0 Å². The number of carbonyl (C=O) groups is 1. The van der Waals surface area contributed by atoms with Gasteiger partial charge in [-0.05, 0) is 31.7 Å². The number of nitrogens with zero attached hydrogens (tertiary/aromatic N) is 1. The highest BCUT2D eigenvalue weighted by atomic mass is 35.5. The second-order valence-corrected chi connectivity index (χ2v) is 7.70. The lowest BCUT2D eigenvalue weighted by Crippen LogP contribution is -2.48. The van der Waals surface area contributed by atoms with Crippen molar-refractivity contribution >= 4 is 52.9 Å². The lowest BCUT2D eigenvalue weighted by atomic mass is 9.98. The molecule has 2 aliphatic heterocycles. The summed E-state index contributed by atoms with van der Waals surface area (Å²) < 4.78 is 1.05. The van der Waals surface area contributed by atoms with Gasteiger partial charge >= 0.3 is 0 Å². The van der Waals surface area contributed by atoms with Crippen molar-refractivity contribution in [1.29, 1.82) is 0 Å². The Bertz CT molecular complexity index is 496. The van der Waals surface area contributed by atoms with Crippen LogP contribution in [0.15, 0.2) is 6.07 Å². The molecule has 112 valence electrons. The number of hydrogen-bond acceptors (Lipinski definition) is 3. The summed E-state index contributed by atoms with van der Waals surface area (Å²) in [6, 6.07) is 3.12. The minimum absolute atomic E-state index is 0. The third-order valence-electron chi connectivity index (χ3n) is 4.20. The molecule has 1 amide bonds. The standard InChI is InChI=1S/C13H16Cl2N2OS.ClH/c1-17(9-4-7-2-3-8(5-9)16-7)13(18)10-6-11(14)19-12(10)15;/h6-9,16H,2-5H2,1H3;1H. The van der Waals surface area contributed by atoms with Crippen LogP contribution < -0.4 is 5.32 Å². The molecule has 0 aromatic carbocycles. The van der Waals surface area contributed by atoms with Crippen molar-refractivity contribution in [2.45, 2.75) is 43.8 Å². The molecule has 1 aromatic heterocycles. The van der Waals surface area contributed by atoms with E-state index in [1.807, 2.05) is 11.9 Å². The van der Waals surface area contributed by atoms with Crippen LogP contribution in [0.2, 0.25) is 8.67 Å². The molecule has 0 saturated carbocycles. The number of thiophene rings is 1. The van der Waals surface area contributed by atoms with E-state index in [4.69, 9.17) is 23.2 Å². The van der Waals surface area contributed by atoms with E-state index in [1.54, 1.807) is 6.07 Å². The maximum Gasteiger partial charge on any atom is 0.256 e. The first kappa shape index (κ1) is 16.4. The van der Waals surface area contributed by atoms with Crippen molar-refractivity contribution < 1.29 is 4.79 Å². The molecule has 0 radical (unpaired) electrons. The highest BCUT2D eigenvalue weighted by Crippen LogP contribution is 2.34. The fraction of sp³-hybridized carbons (Fsp3) is 0.615. The van der Waals surface area contributed by atoms with E-state index >= 15 is 0 Å². The lowest BCUT2D eigenvalue weighted by molar-refractivity contribution is 0.0682. The zero-order valence-electron chi connectivity index (χ0n) is 11.1. The van der Waals surface area contributed by atoms with Gasteiger partial charge in [0.1, 0.15) is 4.34 Å². The van der Waals surface area contributed by atoms with Gasteiger partial charge in [-0.3, -0.25) is 4.79 Å². The van der Waals surface area contributed by atoms with E-state index in [9.17, 15) is 4.79 Å². The maximum atomic E-state index is 12.5. The van der Waals surface area contributed by atoms with Gasteiger partial charge < -0.3 is 10.2 Å². The summed E-state index contributed by atoms with van der Waals surface area (Å²) in [5.74, 6) is -0.0144. The normalized spacial score (nSPS) is 28.1. The Balaban J connectivity index is 0.00000147. The highest BCUT2D eigenvalue weighted by Gasteiger charge is 2.36. The molecule has 2 saturated heterocycles. The Morgan fingerprint density at radius 2 is 1.95 bits per heavy atom. The summed E-state index contributed by atoms with van der Waals surface area (Å²) in [5.41, 5.74) is 0.532. The number of nitrogens with one attached hydrogen (secondary N) is 1. The molecule has 2 atom stereocenters. The summed E-state index contributed by atoms with van der Waals surface area (Å²) >= 11 is 13.2. The van der Waals surface area contributed by atoms with Crippen LogP contribution in [0.25, 0.3) is 0 Å². The third kappa shape index (κ3) is 3.09. The van der Waals surface area contributed by atoms with E-state index in [1.165, 1.54) is 24.2 Å². The van der Waals surface area contributed by atoms with Crippen LogP contribution in [0.1, 0.15) is 36.0 Å². The lowest BCUT2D eigenvalue weighted by Gasteiger charge is -2.35. The predicted octanol–water partition coefficient (Wildman–Crippen LogP) is 3.83. The number of fused-ring (bicyclic) bond motifs is 2. The first-order valence-electron chi connectivity index (χ1n) is 6.52. The van der Waals surface area contributed by atoms with Crippen molar-refractivity contribution in [2.75, 3.05) is 7.05 Å². The molecule has 1 aromatic rings. The Labute approximate surface area is 139 Å². The van der Waals surface area contributed by atoms with E-state index < -0.39 is 0 Å². The van der Waals surface area contributed by atoms with Crippen molar-refractivity contribution in [3.63, 3.8) is 0 Å². The molecule has 3 nitrogen and oxygen atoms in total. The summed E-state index contributed by atoms with van der Waals surface area (Å²) in [7, 11) is 1.87. The van der Waals surface area contributed by atoms with Gasteiger partial charge in [-0.2, -0.15) is 0 Å². The minimum Gasteiger partial charge on any atom is -0.339 e. The fourth-order valence-corrected chi connectivity index (χ4v) is 4.63. The number of piperidine rings is 1. The molecule has 2 unspecified atom stereocenters. The molecule has 0 spiro atoms. The molecule has 7 heteroatoms. The zero-order valence-corrected chi connectivity index (χ0v) is 14.2. The van der Waals surface area contributed by atoms with Gasteiger partial charge in [0.2, 0.25) is 0 Å². The van der Waals surface area contributed by atoms with Crippen LogP contribution in [0, 0.1) is 0 Å². The average Bonchev–Trinajstić information content (AvgIpc) is 2.89. The van der Waals surface area contributed by atoms with Gasteiger partial charge in [0.25, 0.3) is 5.91 Å². The van der Waals surface area contributed by atoms with Crippen LogP contribution in [-0.4, -0.2) is 36.0 Å². The maximum absolute atomic E-state index is 12.5. The fourth-order valence-electron chi connectivity index (χ4n) is 3.19. The van der Waals surface area contributed by atoms with Gasteiger partial charge in [-0.1, -0.05) is 23.2 Å². The monoisotopic (exact) mass is 354 g/mol. The van der Waals surface area contributed by atoms with Crippen LogP contribution in [0.3, 0.4) is 0 Å². The second-order valence-electron chi connectivity index (χ2n) is 5.42. The SMILES string of the molecule is CN(C(=O)c1cc(Cl)sc1Cl)C1CC2CCC(C1)N2.Cl. The van der Waals surface area contributed by atoms with E-state index in [0.717, 1.165) is 12.8 Å². The van der Waals surface area contributed by atoms with Crippen molar-refractivity contribution in [2.24, 2.45) is 0 Å². The van der Waals surface area contributed by atoms with E-state index in [2.05, 4.69) is 5.32 Å². The number of carbonyl (C=O) groups excluding carboxylic acids is 1. The first-order valence-corrected chi connectivity index (χ1v) is 8.10. The molecule has 0 aliphatic carbocycles. The average molecular weight is 356 g/mol. The predicted molar refractivity (Wildman–Crippen MR) is 86.6 cm³/mol. The molecule has 2 bridgehead atoms. The molecule has 3 rings (SSSR count).